The van der Waals surface area contributed by atoms with Crippen LogP contribution >= 0.6 is 0 Å². The van der Waals surface area contributed by atoms with Crippen LogP contribution in [0.5, 0.6) is 0 Å². The van der Waals surface area contributed by atoms with Crippen molar-refractivity contribution in [2.24, 2.45) is 11.3 Å². The van der Waals surface area contributed by atoms with Crippen molar-refractivity contribution in [2.45, 2.75) is 85.1 Å². The van der Waals surface area contributed by atoms with Crippen molar-refractivity contribution >= 4 is 5.69 Å². The summed E-state index contributed by atoms with van der Waals surface area (Å²) < 4.78 is 6.73. The molecule has 0 aromatic heterocycles. The van der Waals surface area contributed by atoms with Gasteiger partial charge in [0, 0.05) is 11.1 Å². The van der Waals surface area contributed by atoms with Gasteiger partial charge in [-0.05, 0) is 44.2 Å². The van der Waals surface area contributed by atoms with Gasteiger partial charge in [0.2, 0.25) is 0 Å². The van der Waals surface area contributed by atoms with Crippen molar-refractivity contribution in [2.75, 3.05) is 4.90 Å². The molecule has 1 aromatic rings. The van der Waals surface area contributed by atoms with Crippen LogP contribution in [-0.2, 0) is 4.74 Å². The van der Waals surface area contributed by atoms with Gasteiger partial charge in [-0.3, -0.25) is 0 Å². The Labute approximate surface area is 142 Å². The molecule has 1 aliphatic carbocycles. The zero-order chi connectivity index (χ0) is 16.6. The van der Waals surface area contributed by atoms with Gasteiger partial charge in [0.25, 0.3) is 0 Å². The molecule has 3 atom stereocenters. The first kappa shape index (κ1) is 16.8. The molecular weight excluding hydrogens is 282 g/mol. The van der Waals surface area contributed by atoms with Crippen LogP contribution < -0.4 is 4.90 Å². The van der Waals surface area contributed by atoms with Crippen molar-refractivity contribution in [3.8, 4) is 0 Å². The topological polar surface area (TPSA) is 12.5 Å². The Morgan fingerprint density at radius 2 is 1.70 bits per heavy atom. The minimum Gasteiger partial charge on any atom is -0.352 e. The number of benzene rings is 1. The number of para-hydroxylation sites is 1. The zero-order valence-corrected chi connectivity index (χ0v) is 15.5. The Morgan fingerprint density at radius 1 is 1.04 bits per heavy atom. The van der Waals surface area contributed by atoms with Crippen molar-refractivity contribution < 1.29 is 4.74 Å². The normalized spacial score (nSPS) is 30.0. The first-order valence-corrected chi connectivity index (χ1v) is 9.39. The largest absolute Gasteiger partial charge is 0.352 e. The number of ether oxygens (including phenoxy) is 1. The number of aryl methyl sites for hydroxylation is 1. The Kier molecular flexibility index (Phi) is 4.73. The summed E-state index contributed by atoms with van der Waals surface area (Å²) in [4.78, 5) is 2.56. The predicted molar refractivity (Wildman–Crippen MR) is 97.8 cm³/mol. The minimum atomic E-state index is 0.111. The van der Waals surface area contributed by atoms with E-state index in [1.54, 1.807) is 0 Å². The molecule has 1 saturated heterocycles. The number of nitrogens with zero attached hydrogens (tertiary/aromatic N) is 1. The number of anilines is 1. The summed E-state index contributed by atoms with van der Waals surface area (Å²) in [7, 11) is 0. The van der Waals surface area contributed by atoms with E-state index in [9.17, 15) is 0 Å². The summed E-state index contributed by atoms with van der Waals surface area (Å²) in [5.74, 6) is 0.734. The van der Waals surface area contributed by atoms with Gasteiger partial charge < -0.3 is 9.64 Å². The lowest BCUT2D eigenvalue weighted by atomic mass is 9.83. The highest BCUT2D eigenvalue weighted by Crippen LogP contribution is 2.43. The van der Waals surface area contributed by atoms with Crippen LogP contribution in [0.2, 0.25) is 0 Å². The Balaban J connectivity index is 1.93. The molecule has 1 saturated carbocycles. The Morgan fingerprint density at radius 3 is 2.30 bits per heavy atom. The maximum Gasteiger partial charge on any atom is 0.135 e. The molecule has 23 heavy (non-hydrogen) atoms. The molecule has 1 aromatic carbocycles. The summed E-state index contributed by atoms with van der Waals surface area (Å²) in [6.45, 7) is 11.5. The third-order valence-corrected chi connectivity index (χ3v) is 5.70. The van der Waals surface area contributed by atoms with Crippen LogP contribution in [0.4, 0.5) is 5.69 Å². The van der Waals surface area contributed by atoms with Crippen LogP contribution in [0.1, 0.15) is 65.4 Å². The van der Waals surface area contributed by atoms with Gasteiger partial charge in [-0.2, -0.15) is 0 Å². The van der Waals surface area contributed by atoms with E-state index in [0.29, 0.717) is 12.1 Å². The van der Waals surface area contributed by atoms with Crippen LogP contribution in [-0.4, -0.2) is 18.4 Å². The predicted octanol–water partition coefficient (Wildman–Crippen LogP) is 5.54. The molecule has 1 aliphatic heterocycles. The van der Waals surface area contributed by atoms with Crippen LogP contribution in [0.3, 0.4) is 0 Å². The maximum absolute atomic E-state index is 6.73. The van der Waals surface area contributed by atoms with Crippen molar-refractivity contribution in [3.63, 3.8) is 0 Å². The van der Waals surface area contributed by atoms with Gasteiger partial charge in [-0.1, -0.05) is 58.2 Å². The number of hydrogen-bond acceptors (Lipinski definition) is 2. The van der Waals surface area contributed by atoms with Crippen molar-refractivity contribution in [3.05, 3.63) is 29.8 Å². The molecule has 0 amide bonds. The fourth-order valence-corrected chi connectivity index (χ4v) is 4.49. The van der Waals surface area contributed by atoms with Gasteiger partial charge in [0.15, 0.2) is 0 Å². The fourth-order valence-electron chi connectivity index (χ4n) is 4.49. The quantitative estimate of drug-likeness (QED) is 0.710. The maximum atomic E-state index is 6.73. The molecule has 2 heteroatoms. The van der Waals surface area contributed by atoms with Crippen LogP contribution in [0.25, 0.3) is 0 Å². The first-order valence-electron chi connectivity index (χ1n) is 9.39. The third kappa shape index (κ3) is 3.28. The van der Waals surface area contributed by atoms with E-state index < -0.39 is 0 Å². The van der Waals surface area contributed by atoms with Crippen LogP contribution in [0, 0.1) is 18.3 Å². The summed E-state index contributed by atoms with van der Waals surface area (Å²) >= 11 is 0. The monoisotopic (exact) mass is 315 g/mol. The minimum absolute atomic E-state index is 0.111. The summed E-state index contributed by atoms with van der Waals surface area (Å²) in [6.07, 6.45) is 7.37. The second-order valence-electron chi connectivity index (χ2n) is 8.65. The summed E-state index contributed by atoms with van der Waals surface area (Å²) in [6, 6.07) is 9.21. The average molecular weight is 316 g/mol. The van der Waals surface area contributed by atoms with Gasteiger partial charge in [-0.15, -0.1) is 0 Å². The van der Waals surface area contributed by atoms with E-state index >= 15 is 0 Å². The summed E-state index contributed by atoms with van der Waals surface area (Å²) in [5.41, 5.74) is 2.81. The first-order chi connectivity index (χ1) is 10.9. The van der Waals surface area contributed by atoms with Gasteiger partial charge >= 0.3 is 0 Å². The SMILES string of the molecule is Cc1ccccc1N1C(C(C)(C)C)OC(C2CCCCC2)[C@@H]1C. The van der Waals surface area contributed by atoms with Gasteiger partial charge in [0.05, 0.1) is 12.1 Å². The molecule has 2 unspecified atom stereocenters. The van der Waals surface area contributed by atoms with Gasteiger partial charge in [0.1, 0.15) is 6.23 Å². The number of hydrogen-bond donors (Lipinski definition) is 0. The van der Waals surface area contributed by atoms with E-state index in [4.69, 9.17) is 4.74 Å². The smallest absolute Gasteiger partial charge is 0.135 e. The molecule has 0 radical (unpaired) electrons. The van der Waals surface area contributed by atoms with E-state index in [2.05, 4.69) is 63.8 Å². The standard InChI is InChI=1S/C21H33NO/c1-15-11-9-10-14-18(15)22-16(2)19(17-12-7-6-8-13-17)23-20(22)21(3,4)5/h9-11,14,16-17,19-20H,6-8,12-13H2,1-5H3/t16-,19?,20?/m0/s1. The molecule has 2 nitrogen and oxygen atoms in total. The molecule has 1 heterocycles. The highest BCUT2D eigenvalue weighted by molar-refractivity contribution is 5.55. The molecule has 3 rings (SSSR count). The van der Waals surface area contributed by atoms with Crippen molar-refractivity contribution in [1.82, 2.24) is 0 Å². The lowest BCUT2D eigenvalue weighted by molar-refractivity contribution is -0.0459. The molecule has 0 bridgehead atoms. The number of rotatable bonds is 2. The van der Waals surface area contributed by atoms with E-state index in [-0.39, 0.29) is 11.6 Å². The van der Waals surface area contributed by atoms with Crippen molar-refractivity contribution in [1.29, 1.82) is 0 Å². The van der Waals surface area contributed by atoms with E-state index in [1.165, 1.54) is 43.4 Å². The molecule has 2 aliphatic rings. The molecular formula is C21H33NO. The molecule has 0 N–H and O–H groups in total. The fraction of sp³-hybridized carbons (Fsp3) is 0.714. The second kappa shape index (κ2) is 6.47. The molecule has 2 fully saturated rings. The Bertz CT molecular complexity index is 527. The van der Waals surface area contributed by atoms with Gasteiger partial charge in [-0.25, -0.2) is 0 Å². The summed E-state index contributed by atoms with van der Waals surface area (Å²) in [5, 5.41) is 0. The van der Waals surface area contributed by atoms with Crippen LogP contribution in [0.15, 0.2) is 24.3 Å². The second-order valence-corrected chi connectivity index (χ2v) is 8.65. The van der Waals surface area contributed by atoms with E-state index in [0.717, 1.165) is 5.92 Å². The van der Waals surface area contributed by atoms with E-state index in [1.807, 2.05) is 0 Å². The average Bonchev–Trinajstić information content (AvgIpc) is 2.86. The lowest BCUT2D eigenvalue weighted by Gasteiger charge is -2.37. The lowest BCUT2D eigenvalue weighted by Crippen LogP contribution is -2.44. The molecule has 128 valence electrons. The third-order valence-electron chi connectivity index (χ3n) is 5.70. The highest BCUT2D eigenvalue weighted by atomic mass is 16.5. The molecule has 0 spiro atoms. The highest BCUT2D eigenvalue weighted by Gasteiger charge is 2.47. The zero-order valence-electron chi connectivity index (χ0n) is 15.5. The Hall–Kier alpha value is -1.02.